The van der Waals surface area contributed by atoms with E-state index in [0.29, 0.717) is 13.2 Å². The molecule has 0 spiro atoms. The van der Waals surface area contributed by atoms with Crippen molar-refractivity contribution in [1.29, 1.82) is 0 Å². The summed E-state index contributed by atoms with van der Waals surface area (Å²) in [6.45, 7) is 5.83. The van der Waals surface area contributed by atoms with Crippen molar-refractivity contribution in [3.05, 3.63) is 24.3 Å². The van der Waals surface area contributed by atoms with Gasteiger partial charge in [0, 0.05) is 13.1 Å². The van der Waals surface area contributed by atoms with Crippen molar-refractivity contribution >= 4 is 0 Å². The molecule has 1 atom stereocenters. The predicted molar refractivity (Wildman–Crippen MR) is 90.1 cm³/mol. The Labute approximate surface area is 138 Å². The van der Waals surface area contributed by atoms with Crippen LogP contribution in [-0.4, -0.2) is 62.0 Å². The summed E-state index contributed by atoms with van der Waals surface area (Å²) in [7, 11) is 0. The number of benzene rings is 1. The zero-order valence-electron chi connectivity index (χ0n) is 13.7. The van der Waals surface area contributed by atoms with E-state index in [4.69, 9.17) is 14.6 Å². The fourth-order valence-corrected chi connectivity index (χ4v) is 3.41. The summed E-state index contributed by atoms with van der Waals surface area (Å²) >= 11 is 0. The minimum Gasteiger partial charge on any atom is -0.486 e. The highest BCUT2D eigenvalue weighted by atomic mass is 16.6. The molecule has 3 rings (SSSR count). The molecular weight excluding hydrogens is 292 g/mol. The van der Waals surface area contributed by atoms with Gasteiger partial charge in [0.2, 0.25) is 0 Å². The lowest BCUT2D eigenvalue weighted by Crippen LogP contribution is -2.44. The van der Waals surface area contributed by atoms with Crippen molar-refractivity contribution in [3.8, 4) is 11.5 Å². The molecule has 0 aromatic heterocycles. The average molecular weight is 320 g/mol. The average Bonchev–Trinajstić information content (AvgIpc) is 2.60. The first-order valence-electron chi connectivity index (χ1n) is 8.77. The molecule has 1 fully saturated rings. The number of ether oxygens (including phenoxy) is 2. The van der Waals surface area contributed by atoms with E-state index in [1.54, 1.807) is 0 Å². The Bertz CT molecular complexity index is 475. The minimum atomic E-state index is 0.132. The maximum Gasteiger partial charge on any atom is 0.161 e. The first-order chi connectivity index (χ1) is 11.3. The topological polar surface area (TPSA) is 54.0 Å². The van der Waals surface area contributed by atoms with E-state index in [-0.39, 0.29) is 12.7 Å². The lowest BCUT2D eigenvalue weighted by Gasteiger charge is -2.35. The van der Waals surface area contributed by atoms with Crippen molar-refractivity contribution in [2.45, 2.75) is 25.4 Å². The fraction of sp³-hybridized carbons (Fsp3) is 0.667. The second kappa shape index (κ2) is 8.52. The second-order valence-electron chi connectivity index (χ2n) is 6.50. The first kappa shape index (κ1) is 16.6. The molecule has 1 aromatic rings. The van der Waals surface area contributed by atoms with Gasteiger partial charge < -0.3 is 19.9 Å². The molecule has 0 amide bonds. The minimum absolute atomic E-state index is 0.132. The van der Waals surface area contributed by atoms with Crippen LogP contribution in [-0.2, 0) is 0 Å². The highest BCUT2D eigenvalue weighted by molar-refractivity contribution is 5.40. The molecule has 0 unspecified atom stereocenters. The van der Waals surface area contributed by atoms with Crippen molar-refractivity contribution < 1.29 is 14.6 Å². The predicted octanol–water partition coefficient (Wildman–Crippen LogP) is 1.51. The number of piperidine rings is 1. The number of likely N-dealkylation sites (tertiary alicyclic amines) is 1. The number of hydrogen-bond acceptors (Lipinski definition) is 5. The van der Waals surface area contributed by atoms with Crippen LogP contribution >= 0.6 is 0 Å². The molecule has 5 heteroatoms. The van der Waals surface area contributed by atoms with Gasteiger partial charge in [-0.3, -0.25) is 4.90 Å². The van der Waals surface area contributed by atoms with Crippen molar-refractivity contribution in [2.75, 3.05) is 45.9 Å². The van der Waals surface area contributed by atoms with Gasteiger partial charge in [0.05, 0.1) is 6.61 Å². The number of rotatable bonds is 7. The van der Waals surface area contributed by atoms with Crippen LogP contribution in [0.25, 0.3) is 0 Å². The van der Waals surface area contributed by atoms with Gasteiger partial charge in [0.25, 0.3) is 0 Å². The Balaban J connectivity index is 1.36. The molecule has 1 saturated heterocycles. The summed E-state index contributed by atoms with van der Waals surface area (Å²) in [4.78, 5) is 2.50. The van der Waals surface area contributed by atoms with E-state index in [1.165, 1.54) is 19.3 Å². The van der Waals surface area contributed by atoms with Gasteiger partial charge in [-0.15, -0.1) is 0 Å². The molecule has 0 radical (unpaired) electrons. The lowest BCUT2D eigenvalue weighted by atomic mass is 9.93. The number of para-hydroxylation sites is 2. The summed E-state index contributed by atoms with van der Waals surface area (Å²) in [5.41, 5.74) is 0. The highest BCUT2D eigenvalue weighted by Gasteiger charge is 2.25. The van der Waals surface area contributed by atoms with Crippen LogP contribution in [0, 0.1) is 5.92 Å². The Hall–Kier alpha value is -1.30. The zero-order valence-corrected chi connectivity index (χ0v) is 13.7. The molecule has 0 bridgehead atoms. The van der Waals surface area contributed by atoms with E-state index >= 15 is 0 Å². The van der Waals surface area contributed by atoms with E-state index < -0.39 is 0 Å². The van der Waals surface area contributed by atoms with Crippen LogP contribution in [0.5, 0.6) is 11.5 Å². The van der Waals surface area contributed by atoms with Crippen molar-refractivity contribution in [3.63, 3.8) is 0 Å². The van der Waals surface area contributed by atoms with Crippen molar-refractivity contribution in [2.24, 2.45) is 5.92 Å². The van der Waals surface area contributed by atoms with Crippen LogP contribution in [0.1, 0.15) is 19.3 Å². The van der Waals surface area contributed by atoms with Gasteiger partial charge in [0.15, 0.2) is 11.5 Å². The summed E-state index contributed by atoms with van der Waals surface area (Å²) in [5, 5.41) is 12.0. The molecule has 128 valence electrons. The molecule has 2 heterocycles. The third-order valence-electron chi connectivity index (χ3n) is 4.75. The number of nitrogens with zero attached hydrogens (tertiary/aromatic N) is 1. The van der Waals surface area contributed by atoms with E-state index in [1.807, 2.05) is 24.3 Å². The van der Waals surface area contributed by atoms with Crippen LogP contribution in [0.15, 0.2) is 24.3 Å². The Morgan fingerprint density at radius 3 is 2.70 bits per heavy atom. The van der Waals surface area contributed by atoms with Gasteiger partial charge in [-0.2, -0.15) is 0 Å². The molecule has 23 heavy (non-hydrogen) atoms. The third kappa shape index (κ3) is 4.83. The summed E-state index contributed by atoms with van der Waals surface area (Å²) in [6, 6.07) is 7.90. The smallest absolute Gasteiger partial charge is 0.161 e. The van der Waals surface area contributed by atoms with E-state index in [2.05, 4.69) is 10.2 Å². The molecule has 0 aliphatic carbocycles. The number of fused-ring (bicyclic) bond motifs is 1. The molecule has 2 aliphatic rings. The largest absolute Gasteiger partial charge is 0.486 e. The lowest BCUT2D eigenvalue weighted by molar-refractivity contribution is 0.0472. The normalized spacial score (nSPS) is 22.2. The zero-order chi connectivity index (χ0) is 15.9. The Morgan fingerprint density at radius 1 is 1.13 bits per heavy atom. The van der Waals surface area contributed by atoms with Crippen molar-refractivity contribution in [1.82, 2.24) is 10.2 Å². The Kier molecular flexibility index (Phi) is 6.13. The fourth-order valence-electron chi connectivity index (χ4n) is 3.41. The monoisotopic (exact) mass is 320 g/mol. The van der Waals surface area contributed by atoms with Gasteiger partial charge >= 0.3 is 0 Å². The van der Waals surface area contributed by atoms with Gasteiger partial charge in [-0.25, -0.2) is 0 Å². The summed E-state index contributed by atoms with van der Waals surface area (Å²) < 4.78 is 11.8. The second-order valence-corrected chi connectivity index (χ2v) is 6.50. The molecule has 0 saturated carbocycles. The standard InChI is InChI=1S/C18H28N2O3/c21-12-9-19-8-5-15-6-10-20(11-7-15)13-16-14-22-17-3-1-2-4-18(17)23-16/h1-4,15-16,19,21H,5-14H2/t16-/m0/s1. The maximum absolute atomic E-state index is 8.76. The quantitative estimate of drug-likeness (QED) is 0.746. The molecular formula is C18H28N2O3. The summed E-state index contributed by atoms with van der Waals surface area (Å²) in [6.07, 6.45) is 3.85. The molecule has 1 aromatic carbocycles. The van der Waals surface area contributed by atoms with Crippen LogP contribution in [0.2, 0.25) is 0 Å². The first-order valence-corrected chi connectivity index (χ1v) is 8.77. The van der Waals surface area contributed by atoms with Crippen LogP contribution < -0.4 is 14.8 Å². The van der Waals surface area contributed by atoms with Crippen LogP contribution in [0.4, 0.5) is 0 Å². The van der Waals surface area contributed by atoms with Gasteiger partial charge in [-0.05, 0) is 56.9 Å². The molecule has 2 aliphatic heterocycles. The summed E-state index contributed by atoms with van der Waals surface area (Å²) in [5.74, 6) is 2.54. The van der Waals surface area contributed by atoms with Gasteiger partial charge in [0.1, 0.15) is 12.7 Å². The number of nitrogens with one attached hydrogen (secondary N) is 1. The number of aliphatic hydroxyl groups excluding tert-OH is 1. The maximum atomic E-state index is 8.76. The third-order valence-corrected chi connectivity index (χ3v) is 4.75. The van der Waals surface area contributed by atoms with E-state index in [9.17, 15) is 0 Å². The highest BCUT2D eigenvalue weighted by Crippen LogP contribution is 2.31. The number of aliphatic hydroxyl groups is 1. The number of hydrogen-bond donors (Lipinski definition) is 2. The van der Waals surface area contributed by atoms with Crippen LogP contribution in [0.3, 0.4) is 0 Å². The van der Waals surface area contributed by atoms with Gasteiger partial charge in [-0.1, -0.05) is 12.1 Å². The Morgan fingerprint density at radius 2 is 1.91 bits per heavy atom. The van der Waals surface area contributed by atoms with E-state index in [0.717, 1.165) is 43.6 Å². The SMILES string of the molecule is OCCNCCC1CCN(C[C@H]2COc3ccccc3O2)CC1. The molecule has 5 nitrogen and oxygen atoms in total. The molecule has 2 N–H and O–H groups in total.